The molecule has 0 aromatic heterocycles. The fourth-order valence-corrected chi connectivity index (χ4v) is 3.42. The molecule has 4 rings (SSSR count). The summed E-state index contributed by atoms with van der Waals surface area (Å²) in [6, 6.07) is 16.9. The van der Waals surface area contributed by atoms with Crippen LogP contribution in [0, 0.1) is 0 Å². The predicted molar refractivity (Wildman–Crippen MR) is 126 cm³/mol. The summed E-state index contributed by atoms with van der Waals surface area (Å²) < 4.78 is 26.9. The van der Waals surface area contributed by atoms with Gasteiger partial charge in [-0.05, 0) is 42.5 Å². The lowest BCUT2D eigenvalue weighted by Crippen LogP contribution is -2.09. The number of benzene rings is 3. The lowest BCUT2D eigenvalue weighted by atomic mass is 10.1. The second kappa shape index (κ2) is 9.95. The maximum atomic E-state index is 12.7. The van der Waals surface area contributed by atoms with E-state index < -0.39 is 5.97 Å². The zero-order valence-electron chi connectivity index (χ0n) is 18.9. The summed E-state index contributed by atoms with van der Waals surface area (Å²) in [7, 11) is 4.60. The average Bonchev–Trinajstić information content (AvgIpc) is 3.18. The molecule has 34 heavy (non-hydrogen) atoms. The number of carbonyl (C=O) groups is 2. The molecule has 0 saturated carbocycles. The minimum absolute atomic E-state index is 0.171. The Hall–Kier alpha value is -4.52. The highest BCUT2D eigenvalue weighted by Gasteiger charge is 2.27. The molecule has 1 aliphatic heterocycles. The van der Waals surface area contributed by atoms with E-state index in [0.717, 1.165) is 11.3 Å². The maximum absolute atomic E-state index is 12.7. The molecule has 0 bridgehead atoms. The van der Waals surface area contributed by atoms with Gasteiger partial charge in [-0.25, -0.2) is 4.79 Å². The van der Waals surface area contributed by atoms with E-state index in [1.165, 1.54) is 26.4 Å². The average molecular weight is 458 g/mol. The molecule has 0 saturated heterocycles. The molecule has 7 nitrogen and oxygen atoms in total. The Bertz CT molecular complexity index is 1300. The Labute approximate surface area is 196 Å². The maximum Gasteiger partial charge on any atom is 0.343 e. The molecule has 0 radical (unpaired) electrons. The second-order valence-electron chi connectivity index (χ2n) is 7.18. The number of rotatable bonds is 7. The third-order valence-corrected chi connectivity index (χ3v) is 5.13. The first-order valence-electron chi connectivity index (χ1n) is 10.4. The van der Waals surface area contributed by atoms with Gasteiger partial charge in [0.15, 0.2) is 17.3 Å². The lowest BCUT2D eigenvalue weighted by Gasteiger charge is -2.09. The van der Waals surface area contributed by atoms with Crippen LogP contribution in [0.3, 0.4) is 0 Å². The van der Waals surface area contributed by atoms with Gasteiger partial charge < -0.3 is 23.7 Å². The van der Waals surface area contributed by atoms with Crippen LogP contribution in [0.4, 0.5) is 0 Å². The van der Waals surface area contributed by atoms with Gasteiger partial charge in [0.05, 0.1) is 32.5 Å². The van der Waals surface area contributed by atoms with Crippen molar-refractivity contribution >= 4 is 17.8 Å². The molecular formula is C27H22O7. The Morgan fingerprint density at radius 2 is 1.62 bits per heavy atom. The molecule has 1 aliphatic rings. The number of methoxy groups -OCH3 is 3. The summed E-state index contributed by atoms with van der Waals surface area (Å²) in [6.45, 7) is 0. The Morgan fingerprint density at radius 1 is 0.853 bits per heavy atom. The van der Waals surface area contributed by atoms with E-state index in [1.807, 2.05) is 30.3 Å². The Morgan fingerprint density at radius 3 is 2.38 bits per heavy atom. The summed E-state index contributed by atoms with van der Waals surface area (Å²) in [5.74, 6) is 1.54. The van der Waals surface area contributed by atoms with Gasteiger partial charge >= 0.3 is 5.97 Å². The van der Waals surface area contributed by atoms with Crippen molar-refractivity contribution < 1.29 is 33.3 Å². The van der Waals surface area contributed by atoms with Crippen LogP contribution in [0.25, 0.3) is 6.08 Å². The van der Waals surface area contributed by atoms with E-state index in [-0.39, 0.29) is 22.9 Å². The number of para-hydroxylation sites is 1. The van der Waals surface area contributed by atoms with Crippen LogP contribution in [-0.2, 0) is 0 Å². The monoisotopic (exact) mass is 458 g/mol. The molecule has 3 aromatic rings. The van der Waals surface area contributed by atoms with Crippen molar-refractivity contribution in [2.24, 2.45) is 0 Å². The van der Waals surface area contributed by atoms with Gasteiger partial charge in [0.25, 0.3) is 0 Å². The minimum Gasteiger partial charge on any atom is -0.496 e. The number of ether oxygens (including phenoxy) is 5. The van der Waals surface area contributed by atoms with Crippen molar-refractivity contribution in [2.75, 3.05) is 21.3 Å². The van der Waals surface area contributed by atoms with Crippen LogP contribution in [-0.4, -0.2) is 33.1 Å². The summed E-state index contributed by atoms with van der Waals surface area (Å²) in [5.41, 5.74) is 1.55. The second-order valence-corrected chi connectivity index (χ2v) is 7.18. The third-order valence-electron chi connectivity index (χ3n) is 5.13. The summed E-state index contributed by atoms with van der Waals surface area (Å²) in [5, 5.41) is 0. The first-order chi connectivity index (χ1) is 16.5. The topological polar surface area (TPSA) is 80.3 Å². The molecule has 0 amide bonds. The number of Topliss-reactive ketones (excluding diaryl/α,β-unsaturated/α-hetero) is 1. The molecule has 0 fully saturated rings. The van der Waals surface area contributed by atoms with Gasteiger partial charge in [0.2, 0.25) is 5.78 Å². The number of fused-ring (bicyclic) bond motifs is 1. The molecule has 0 spiro atoms. The zero-order valence-corrected chi connectivity index (χ0v) is 18.9. The summed E-state index contributed by atoms with van der Waals surface area (Å²) in [4.78, 5) is 25.2. The number of allylic oxidation sites excluding steroid dienone is 3. The highest BCUT2D eigenvalue weighted by molar-refractivity contribution is 6.12. The van der Waals surface area contributed by atoms with E-state index in [1.54, 1.807) is 43.5 Å². The normalized spacial score (nSPS) is 13.5. The van der Waals surface area contributed by atoms with E-state index >= 15 is 0 Å². The summed E-state index contributed by atoms with van der Waals surface area (Å²) >= 11 is 0. The van der Waals surface area contributed by atoms with Gasteiger partial charge in [0, 0.05) is 11.6 Å². The van der Waals surface area contributed by atoms with Crippen molar-refractivity contribution in [1.82, 2.24) is 0 Å². The van der Waals surface area contributed by atoms with E-state index in [2.05, 4.69) is 0 Å². The van der Waals surface area contributed by atoms with Crippen LogP contribution in [0.1, 0.15) is 26.3 Å². The number of esters is 1. The predicted octanol–water partition coefficient (Wildman–Crippen LogP) is 5.10. The van der Waals surface area contributed by atoms with E-state index in [0.29, 0.717) is 22.8 Å². The van der Waals surface area contributed by atoms with Crippen LogP contribution >= 0.6 is 0 Å². The van der Waals surface area contributed by atoms with Crippen molar-refractivity contribution in [2.45, 2.75) is 0 Å². The fourth-order valence-electron chi connectivity index (χ4n) is 3.42. The van der Waals surface area contributed by atoms with Crippen molar-refractivity contribution in [3.8, 4) is 28.7 Å². The largest absolute Gasteiger partial charge is 0.496 e. The number of ketones is 1. The standard InChI is InChI=1S/C27H22O7/c1-30-21-9-5-4-7-17(21)8-6-10-23-26(28)20-13-12-19(16-24(20)34-23)33-27(29)18-11-14-22(31-2)25(15-18)32-3/h4-16H,1-3H3/b8-6+,23-10-. The van der Waals surface area contributed by atoms with Gasteiger partial charge in [0.1, 0.15) is 17.2 Å². The number of hydrogen-bond acceptors (Lipinski definition) is 7. The molecule has 172 valence electrons. The zero-order chi connectivity index (χ0) is 24.1. The highest BCUT2D eigenvalue weighted by atomic mass is 16.5. The lowest BCUT2D eigenvalue weighted by molar-refractivity contribution is 0.0734. The summed E-state index contributed by atoms with van der Waals surface area (Å²) in [6.07, 6.45) is 5.13. The van der Waals surface area contributed by atoms with Gasteiger partial charge in [-0.1, -0.05) is 30.4 Å². The Kier molecular flexibility index (Phi) is 6.64. The van der Waals surface area contributed by atoms with Crippen LogP contribution < -0.4 is 23.7 Å². The third kappa shape index (κ3) is 4.63. The van der Waals surface area contributed by atoms with Crippen LogP contribution in [0.5, 0.6) is 28.7 Å². The fraction of sp³-hybridized carbons (Fsp3) is 0.111. The molecule has 0 N–H and O–H groups in total. The smallest absolute Gasteiger partial charge is 0.343 e. The molecule has 3 aromatic carbocycles. The first-order valence-corrected chi connectivity index (χ1v) is 10.4. The van der Waals surface area contributed by atoms with E-state index in [4.69, 9.17) is 23.7 Å². The molecular weight excluding hydrogens is 436 g/mol. The SMILES string of the molecule is COc1ccccc1/C=C/C=C1\Oc2cc(OC(=O)c3ccc(OC)c(OC)c3)ccc2C1=O. The number of carbonyl (C=O) groups excluding carboxylic acids is 2. The molecule has 0 aliphatic carbocycles. The van der Waals surface area contributed by atoms with Gasteiger partial charge in [-0.2, -0.15) is 0 Å². The highest BCUT2D eigenvalue weighted by Crippen LogP contribution is 2.35. The van der Waals surface area contributed by atoms with Crippen LogP contribution in [0.2, 0.25) is 0 Å². The number of hydrogen-bond donors (Lipinski definition) is 0. The van der Waals surface area contributed by atoms with Crippen molar-refractivity contribution in [3.63, 3.8) is 0 Å². The van der Waals surface area contributed by atoms with Crippen molar-refractivity contribution in [3.05, 3.63) is 95.3 Å². The molecule has 1 heterocycles. The van der Waals surface area contributed by atoms with Gasteiger partial charge in [-0.3, -0.25) is 4.79 Å². The van der Waals surface area contributed by atoms with Crippen molar-refractivity contribution in [1.29, 1.82) is 0 Å². The molecule has 0 unspecified atom stereocenters. The van der Waals surface area contributed by atoms with Crippen LogP contribution in [0.15, 0.2) is 78.6 Å². The molecule has 0 atom stereocenters. The minimum atomic E-state index is -0.583. The van der Waals surface area contributed by atoms with E-state index in [9.17, 15) is 9.59 Å². The van der Waals surface area contributed by atoms with Gasteiger partial charge in [-0.15, -0.1) is 0 Å². The first kappa shape index (κ1) is 22.7. The molecule has 7 heteroatoms. The quantitative estimate of drug-likeness (QED) is 0.277. The Balaban J connectivity index is 1.49.